The highest BCUT2D eigenvalue weighted by Gasteiger charge is 2.31. The van der Waals surface area contributed by atoms with E-state index in [1.165, 1.54) is 7.11 Å². The largest absolute Gasteiger partial charge is 0.469 e. The molecule has 2 heterocycles. The molecule has 204 valence electrons. The molecule has 0 aromatic heterocycles. The third kappa shape index (κ3) is 8.66. The maximum Gasteiger partial charge on any atom is 0.410 e. The predicted molar refractivity (Wildman–Crippen MR) is 135 cm³/mol. The molecule has 2 saturated heterocycles. The fourth-order valence-electron chi connectivity index (χ4n) is 5.60. The summed E-state index contributed by atoms with van der Waals surface area (Å²) in [6.07, 6.45) is 7.26. The van der Waals surface area contributed by atoms with Crippen LogP contribution < -0.4 is 5.32 Å². The molecule has 3 amide bonds. The van der Waals surface area contributed by atoms with Crippen molar-refractivity contribution in [1.29, 1.82) is 0 Å². The van der Waals surface area contributed by atoms with Crippen LogP contribution in [-0.4, -0.2) is 78.6 Å². The second-order valence-corrected chi connectivity index (χ2v) is 11.8. The smallest absolute Gasteiger partial charge is 0.410 e. The van der Waals surface area contributed by atoms with Crippen molar-refractivity contribution in [3.63, 3.8) is 0 Å². The zero-order valence-corrected chi connectivity index (χ0v) is 22.6. The van der Waals surface area contributed by atoms with Crippen LogP contribution in [-0.2, 0) is 23.9 Å². The highest BCUT2D eigenvalue weighted by Crippen LogP contribution is 2.27. The van der Waals surface area contributed by atoms with E-state index in [1.54, 1.807) is 4.90 Å². The molecule has 0 radical (unpaired) electrons. The number of esters is 1. The van der Waals surface area contributed by atoms with Gasteiger partial charge in [0.15, 0.2) is 0 Å². The Morgan fingerprint density at radius 2 is 1.31 bits per heavy atom. The van der Waals surface area contributed by atoms with Crippen molar-refractivity contribution in [1.82, 2.24) is 15.1 Å². The molecule has 0 aromatic rings. The first-order chi connectivity index (χ1) is 17.0. The Bertz CT molecular complexity index is 771. The number of hydrogen-bond donors (Lipinski definition) is 1. The Hall–Kier alpha value is -2.32. The lowest BCUT2D eigenvalue weighted by atomic mass is 9.85. The zero-order chi connectivity index (χ0) is 26.3. The van der Waals surface area contributed by atoms with E-state index >= 15 is 0 Å². The van der Waals surface area contributed by atoms with Crippen LogP contribution in [0.15, 0.2) is 0 Å². The number of methoxy groups -OCH3 is 1. The Morgan fingerprint density at radius 3 is 1.83 bits per heavy atom. The summed E-state index contributed by atoms with van der Waals surface area (Å²) in [4.78, 5) is 53.0. The lowest BCUT2D eigenvalue weighted by Crippen LogP contribution is -2.44. The second kappa shape index (κ2) is 12.8. The summed E-state index contributed by atoms with van der Waals surface area (Å²) in [5, 5.41) is 3.15. The first-order valence-electron chi connectivity index (χ1n) is 13.7. The van der Waals surface area contributed by atoms with Gasteiger partial charge in [-0.2, -0.15) is 0 Å². The molecule has 3 fully saturated rings. The molecule has 0 aromatic carbocycles. The first-order valence-corrected chi connectivity index (χ1v) is 13.7. The number of nitrogens with zero attached hydrogens (tertiary/aromatic N) is 2. The Balaban J connectivity index is 1.30. The predicted octanol–water partition coefficient (Wildman–Crippen LogP) is 3.50. The summed E-state index contributed by atoms with van der Waals surface area (Å²) in [7, 11) is 1.42. The molecule has 0 unspecified atom stereocenters. The van der Waals surface area contributed by atoms with Gasteiger partial charge in [-0.3, -0.25) is 14.4 Å². The average Bonchev–Trinajstić information content (AvgIpc) is 2.83. The van der Waals surface area contributed by atoms with Crippen molar-refractivity contribution in [2.24, 2.45) is 17.8 Å². The van der Waals surface area contributed by atoms with Gasteiger partial charge >= 0.3 is 12.1 Å². The number of amides is 3. The van der Waals surface area contributed by atoms with Crippen LogP contribution in [0.4, 0.5) is 4.79 Å². The van der Waals surface area contributed by atoms with Crippen molar-refractivity contribution < 1.29 is 28.7 Å². The molecule has 36 heavy (non-hydrogen) atoms. The van der Waals surface area contributed by atoms with Crippen LogP contribution in [0, 0.1) is 17.8 Å². The van der Waals surface area contributed by atoms with E-state index in [4.69, 9.17) is 9.47 Å². The number of nitrogens with one attached hydrogen (secondary N) is 1. The van der Waals surface area contributed by atoms with Crippen LogP contribution >= 0.6 is 0 Å². The fourth-order valence-corrected chi connectivity index (χ4v) is 5.60. The zero-order valence-electron chi connectivity index (χ0n) is 22.6. The van der Waals surface area contributed by atoms with Crippen molar-refractivity contribution >= 4 is 23.9 Å². The molecule has 3 aliphatic rings. The standard InChI is InChI=1S/C27H45N3O6/c1-27(2,3)36-26(34)30-15-11-20(12-16-30)18-24(32)29-13-9-19(10-14-29)17-23(31)28-22-7-5-21(6-8-22)25(33)35-4/h19-22H,5-18H2,1-4H3,(H,28,31). The maximum atomic E-state index is 12.9. The molecule has 3 rings (SSSR count). The van der Waals surface area contributed by atoms with Crippen LogP contribution in [0.5, 0.6) is 0 Å². The topological polar surface area (TPSA) is 105 Å². The first kappa shape index (κ1) is 28.3. The number of likely N-dealkylation sites (tertiary alicyclic amines) is 2. The minimum Gasteiger partial charge on any atom is -0.469 e. The molecular formula is C27H45N3O6. The fraction of sp³-hybridized carbons (Fsp3) is 0.852. The number of rotatable bonds is 6. The van der Waals surface area contributed by atoms with E-state index in [-0.39, 0.29) is 35.8 Å². The van der Waals surface area contributed by atoms with Gasteiger partial charge < -0.3 is 24.6 Å². The van der Waals surface area contributed by atoms with Gasteiger partial charge in [0, 0.05) is 45.1 Å². The third-order valence-corrected chi connectivity index (χ3v) is 7.80. The van der Waals surface area contributed by atoms with Crippen molar-refractivity contribution in [2.75, 3.05) is 33.3 Å². The van der Waals surface area contributed by atoms with E-state index in [2.05, 4.69) is 5.32 Å². The molecule has 2 aliphatic heterocycles. The van der Waals surface area contributed by atoms with Gasteiger partial charge in [0.2, 0.25) is 11.8 Å². The van der Waals surface area contributed by atoms with Gasteiger partial charge in [0.1, 0.15) is 5.60 Å². The second-order valence-electron chi connectivity index (χ2n) is 11.8. The average molecular weight is 508 g/mol. The van der Waals surface area contributed by atoms with Crippen LogP contribution in [0.3, 0.4) is 0 Å². The quantitative estimate of drug-likeness (QED) is 0.552. The number of ether oxygens (including phenoxy) is 2. The summed E-state index contributed by atoms with van der Waals surface area (Å²) in [6.45, 7) is 8.28. The maximum absolute atomic E-state index is 12.9. The van der Waals surface area contributed by atoms with E-state index in [0.717, 1.165) is 51.4 Å². The molecule has 9 nitrogen and oxygen atoms in total. The summed E-state index contributed by atoms with van der Waals surface area (Å²) in [5.41, 5.74) is -0.498. The Kier molecular flexibility index (Phi) is 10.0. The minimum absolute atomic E-state index is 0.0393. The molecule has 1 aliphatic carbocycles. The van der Waals surface area contributed by atoms with Gasteiger partial charge in [0.05, 0.1) is 13.0 Å². The number of hydrogen-bond acceptors (Lipinski definition) is 6. The molecular weight excluding hydrogens is 462 g/mol. The number of carbonyl (C=O) groups is 4. The molecule has 0 bridgehead atoms. The molecule has 0 atom stereocenters. The van der Waals surface area contributed by atoms with Gasteiger partial charge in [0.25, 0.3) is 0 Å². The normalized spacial score (nSPS) is 24.2. The lowest BCUT2D eigenvalue weighted by Gasteiger charge is -2.35. The van der Waals surface area contributed by atoms with Gasteiger partial charge in [-0.1, -0.05) is 0 Å². The highest BCUT2D eigenvalue weighted by molar-refractivity contribution is 5.78. The summed E-state index contributed by atoms with van der Waals surface area (Å²) < 4.78 is 10.3. The minimum atomic E-state index is -0.498. The van der Waals surface area contributed by atoms with Gasteiger partial charge in [-0.25, -0.2) is 4.79 Å². The Morgan fingerprint density at radius 1 is 0.778 bits per heavy atom. The lowest BCUT2D eigenvalue weighted by molar-refractivity contribution is -0.146. The number of piperidine rings is 2. The molecule has 9 heteroatoms. The van der Waals surface area contributed by atoms with Crippen molar-refractivity contribution in [3.8, 4) is 0 Å². The highest BCUT2D eigenvalue weighted by atomic mass is 16.6. The van der Waals surface area contributed by atoms with E-state index in [9.17, 15) is 19.2 Å². The summed E-state index contributed by atoms with van der Waals surface area (Å²) in [6, 6.07) is 0.141. The summed E-state index contributed by atoms with van der Waals surface area (Å²) in [5.74, 6) is 0.690. The molecule has 1 N–H and O–H groups in total. The SMILES string of the molecule is COC(=O)C1CCC(NC(=O)CC2CCN(C(=O)CC3CCN(C(=O)OC(C)(C)C)CC3)CC2)CC1. The number of carbonyl (C=O) groups excluding carboxylic acids is 4. The van der Waals surface area contributed by atoms with Crippen LogP contribution in [0.2, 0.25) is 0 Å². The van der Waals surface area contributed by atoms with Gasteiger partial charge in [-0.05, 0) is 84.0 Å². The van der Waals surface area contributed by atoms with E-state index in [0.29, 0.717) is 50.9 Å². The molecule has 1 saturated carbocycles. The van der Waals surface area contributed by atoms with E-state index < -0.39 is 5.60 Å². The van der Waals surface area contributed by atoms with Crippen LogP contribution in [0.25, 0.3) is 0 Å². The molecule has 0 spiro atoms. The third-order valence-electron chi connectivity index (χ3n) is 7.80. The van der Waals surface area contributed by atoms with E-state index in [1.807, 2.05) is 25.7 Å². The van der Waals surface area contributed by atoms with Crippen LogP contribution in [0.1, 0.15) is 85.0 Å². The monoisotopic (exact) mass is 507 g/mol. The summed E-state index contributed by atoms with van der Waals surface area (Å²) >= 11 is 0. The van der Waals surface area contributed by atoms with Crippen molar-refractivity contribution in [3.05, 3.63) is 0 Å². The van der Waals surface area contributed by atoms with Gasteiger partial charge in [-0.15, -0.1) is 0 Å². The Labute approximate surface area is 215 Å². The van der Waals surface area contributed by atoms with Crippen molar-refractivity contribution in [2.45, 2.75) is 96.6 Å².